The van der Waals surface area contributed by atoms with E-state index in [1.807, 2.05) is 0 Å². The number of phenols is 1. The quantitative estimate of drug-likeness (QED) is 0.453. The van der Waals surface area contributed by atoms with Gasteiger partial charge in [-0.2, -0.15) is 5.10 Å². The summed E-state index contributed by atoms with van der Waals surface area (Å²) in [5.74, 6) is 0.181. The summed E-state index contributed by atoms with van der Waals surface area (Å²) < 4.78 is 0. The Labute approximate surface area is 74.9 Å². The Balaban J connectivity index is 2.59. The second-order valence-electron chi connectivity index (χ2n) is 2.33. The lowest BCUT2D eigenvalue weighted by Crippen LogP contribution is -2.24. The van der Waals surface area contributed by atoms with Crippen LogP contribution in [-0.4, -0.2) is 17.4 Å². The van der Waals surface area contributed by atoms with Crippen LogP contribution in [0.25, 0.3) is 0 Å². The van der Waals surface area contributed by atoms with E-state index in [0.29, 0.717) is 0 Å². The molecule has 0 bridgehead atoms. The van der Waals surface area contributed by atoms with Gasteiger partial charge in [-0.1, -0.05) is 0 Å². The molecule has 0 unspecified atom stereocenters. The third-order valence-electron chi connectivity index (χ3n) is 1.28. The summed E-state index contributed by atoms with van der Waals surface area (Å²) in [6.45, 7) is 0. The molecule has 0 saturated carbocycles. The van der Waals surface area contributed by atoms with Crippen molar-refractivity contribution in [3.63, 3.8) is 0 Å². The molecule has 5 nitrogen and oxygen atoms in total. The molecular formula is C8H9N3O2. The number of phenolic OH excluding ortho intramolecular Hbond substituents is 1. The molecule has 0 saturated heterocycles. The molecule has 0 aliphatic carbocycles. The van der Waals surface area contributed by atoms with E-state index in [2.05, 4.69) is 10.5 Å². The fourth-order valence-corrected chi connectivity index (χ4v) is 0.731. The molecule has 4 N–H and O–H groups in total. The van der Waals surface area contributed by atoms with Gasteiger partial charge in [0, 0.05) is 0 Å². The number of primary amides is 1. The number of rotatable bonds is 2. The summed E-state index contributed by atoms with van der Waals surface area (Å²) in [5, 5.41) is 12.5. The van der Waals surface area contributed by atoms with E-state index in [4.69, 9.17) is 10.8 Å². The molecule has 0 aromatic heterocycles. The molecule has 0 aliphatic heterocycles. The number of carbonyl (C=O) groups excluding carboxylic acids is 1. The van der Waals surface area contributed by atoms with Gasteiger partial charge in [0.25, 0.3) is 0 Å². The van der Waals surface area contributed by atoms with Gasteiger partial charge in [-0.15, -0.1) is 0 Å². The molecule has 0 atom stereocenters. The van der Waals surface area contributed by atoms with E-state index in [-0.39, 0.29) is 5.75 Å². The molecule has 0 radical (unpaired) electrons. The monoisotopic (exact) mass is 179 g/mol. The highest BCUT2D eigenvalue weighted by Gasteiger charge is 1.88. The molecule has 1 rings (SSSR count). The Morgan fingerprint density at radius 3 is 2.62 bits per heavy atom. The maximum absolute atomic E-state index is 10.2. The molecule has 0 heterocycles. The maximum atomic E-state index is 10.2. The molecule has 2 amide bonds. The summed E-state index contributed by atoms with van der Waals surface area (Å²) in [6.07, 6.45) is 1.42. The van der Waals surface area contributed by atoms with Gasteiger partial charge in [0.05, 0.1) is 6.21 Å². The minimum atomic E-state index is -0.713. The second kappa shape index (κ2) is 4.10. The van der Waals surface area contributed by atoms with Crippen molar-refractivity contribution in [2.45, 2.75) is 0 Å². The van der Waals surface area contributed by atoms with Gasteiger partial charge < -0.3 is 10.8 Å². The number of nitrogens with one attached hydrogen (secondary N) is 1. The molecule has 5 heteroatoms. The number of urea groups is 1. The van der Waals surface area contributed by atoms with E-state index in [1.165, 1.54) is 18.3 Å². The maximum Gasteiger partial charge on any atom is 0.332 e. The van der Waals surface area contributed by atoms with E-state index >= 15 is 0 Å². The van der Waals surface area contributed by atoms with Crippen LogP contribution in [0.1, 0.15) is 5.56 Å². The zero-order valence-corrected chi connectivity index (χ0v) is 6.77. The third kappa shape index (κ3) is 3.24. The van der Waals surface area contributed by atoms with Gasteiger partial charge in [-0.3, -0.25) is 0 Å². The van der Waals surface area contributed by atoms with Gasteiger partial charge in [-0.05, 0) is 29.8 Å². The fourth-order valence-electron chi connectivity index (χ4n) is 0.731. The highest BCUT2D eigenvalue weighted by Crippen LogP contribution is 2.07. The minimum absolute atomic E-state index is 0.181. The Morgan fingerprint density at radius 1 is 1.46 bits per heavy atom. The number of hydrazone groups is 1. The minimum Gasteiger partial charge on any atom is -0.508 e. The van der Waals surface area contributed by atoms with E-state index in [9.17, 15) is 4.79 Å². The van der Waals surface area contributed by atoms with Gasteiger partial charge in [0.15, 0.2) is 0 Å². The number of benzene rings is 1. The van der Waals surface area contributed by atoms with Crippen LogP contribution in [-0.2, 0) is 0 Å². The molecule has 68 valence electrons. The molecule has 0 fully saturated rings. The van der Waals surface area contributed by atoms with Crippen molar-refractivity contribution in [3.05, 3.63) is 29.8 Å². The third-order valence-corrected chi connectivity index (χ3v) is 1.28. The van der Waals surface area contributed by atoms with Crippen LogP contribution in [0.2, 0.25) is 0 Å². The number of hydrogen-bond donors (Lipinski definition) is 3. The fraction of sp³-hybridized carbons (Fsp3) is 0. The summed E-state index contributed by atoms with van der Waals surface area (Å²) >= 11 is 0. The van der Waals surface area contributed by atoms with Gasteiger partial charge in [0.1, 0.15) is 5.75 Å². The lowest BCUT2D eigenvalue weighted by molar-refractivity contribution is 0.249. The van der Waals surface area contributed by atoms with Crippen molar-refractivity contribution in [3.8, 4) is 5.75 Å². The predicted molar refractivity (Wildman–Crippen MR) is 48.4 cm³/mol. The molecule has 1 aromatic carbocycles. The van der Waals surface area contributed by atoms with Crippen LogP contribution in [0.5, 0.6) is 5.75 Å². The number of nitrogens with two attached hydrogens (primary N) is 1. The van der Waals surface area contributed by atoms with Crippen LogP contribution in [0.4, 0.5) is 4.79 Å². The van der Waals surface area contributed by atoms with Crippen LogP contribution in [0.3, 0.4) is 0 Å². The lowest BCUT2D eigenvalue weighted by Gasteiger charge is -1.93. The first-order chi connectivity index (χ1) is 6.18. The predicted octanol–water partition coefficient (Wildman–Crippen LogP) is 0.394. The Morgan fingerprint density at radius 2 is 2.08 bits per heavy atom. The topological polar surface area (TPSA) is 87.7 Å². The van der Waals surface area contributed by atoms with Crippen molar-refractivity contribution in [1.82, 2.24) is 5.43 Å². The Kier molecular flexibility index (Phi) is 2.86. The first-order valence-electron chi connectivity index (χ1n) is 3.56. The van der Waals surface area contributed by atoms with E-state index in [1.54, 1.807) is 12.1 Å². The highest BCUT2D eigenvalue weighted by molar-refractivity contribution is 5.81. The standard InChI is InChI=1S/C8H9N3O2/c9-8(13)11-10-5-6-1-3-7(12)4-2-6/h1-5,12H,(H3,9,11,13)/b10-5+. The van der Waals surface area contributed by atoms with Crippen LogP contribution < -0.4 is 11.2 Å². The van der Waals surface area contributed by atoms with Crippen molar-refractivity contribution in [2.24, 2.45) is 10.8 Å². The summed E-state index contributed by atoms with van der Waals surface area (Å²) in [5.41, 5.74) is 7.59. The Hall–Kier alpha value is -2.04. The summed E-state index contributed by atoms with van der Waals surface area (Å²) in [6, 6.07) is 5.63. The highest BCUT2D eigenvalue weighted by atomic mass is 16.3. The molecule has 0 aliphatic rings. The summed E-state index contributed by atoms with van der Waals surface area (Å²) in [4.78, 5) is 10.2. The number of hydrogen-bond acceptors (Lipinski definition) is 3. The molecular weight excluding hydrogens is 170 g/mol. The first-order valence-corrected chi connectivity index (χ1v) is 3.56. The van der Waals surface area contributed by atoms with Gasteiger partial charge in [0.2, 0.25) is 0 Å². The van der Waals surface area contributed by atoms with E-state index in [0.717, 1.165) is 5.56 Å². The van der Waals surface area contributed by atoms with Crippen molar-refractivity contribution in [2.75, 3.05) is 0 Å². The van der Waals surface area contributed by atoms with Gasteiger partial charge in [-0.25, -0.2) is 10.2 Å². The summed E-state index contributed by atoms with van der Waals surface area (Å²) in [7, 11) is 0. The SMILES string of the molecule is NC(=O)N/N=C/c1ccc(O)cc1. The average Bonchev–Trinajstić information content (AvgIpc) is 2.08. The lowest BCUT2D eigenvalue weighted by atomic mass is 10.2. The largest absolute Gasteiger partial charge is 0.508 e. The van der Waals surface area contributed by atoms with Crippen LogP contribution in [0, 0.1) is 0 Å². The zero-order chi connectivity index (χ0) is 9.68. The normalized spacial score (nSPS) is 10.2. The number of nitrogens with zero attached hydrogens (tertiary/aromatic N) is 1. The van der Waals surface area contributed by atoms with Crippen molar-refractivity contribution < 1.29 is 9.90 Å². The number of amides is 2. The van der Waals surface area contributed by atoms with Crippen molar-refractivity contribution >= 4 is 12.2 Å². The smallest absolute Gasteiger partial charge is 0.332 e. The molecule has 0 spiro atoms. The Bertz CT molecular complexity index is 319. The van der Waals surface area contributed by atoms with Gasteiger partial charge >= 0.3 is 6.03 Å². The zero-order valence-electron chi connectivity index (χ0n) is 6.77. The molecule has 13 heavy (non-hydrogen) atoms. The second-order valence-corrected chi connectivity index (χ2v) is 2.33. The first kappa shape index (κ1) is 9.05. The van der Waals surface area contributed by atoms with Crippen molar-refractivity contribution in [1.29, 1.82) is 0 Å². The average molecular weight is 179 g/mol. The number of aromatic hydroxyl groups is 1. The van der Waals surface area contributed by atoms with Crippen LogP contribution >= 0.6 is 0 Å². The van der Waals surface area contributed by atoms with Crippen LogP contribution in [0.15, 0.2) is 29.4 Å². The molecule has 1 aromatic rings. The number of carbonyl (C=O) groups is 1. The van der Waals surface area contributed by atoms with E-state index < -0.39 is 6.03 Å².